The molecule has 0 spiro atoms. The molecule has 3 atom stereocenters. The quantitative estimate of drug-likeness (QED) is 0.923. The Morgan fingerprint density at radius 3 is 2.29 bits per heavy atom. The average molecular weight is 290 g/mol. The van der Waals surface area contributed by atoms with Crippen molar-refractivity contribution >= 4 is 0 Å². The summed E-state index contributed by atoms with van der Waals surface area (Å²) in [6.45, 7) is 11.4. The lowest BCUT2D eigenvalue weighted by Gasteiger charge is -2.33. The van der Waals surface area contributed by atoms with Crippen LogP contribution >= 0.6 is 0 Å². The van der Waals surface area contributed by atoms with Crippen molar-refractivity contribution in [3.05, 3.63) is 29.8 Å². The zero-order chi connectivity index (χ0) is 15.6. The second kappa shape index (κ2) is 6.37. The Morgan fingerprint density at radius 2 is 1.86 bits per heavy atom. The zero-order valence-corrected chi connectivity index (χ0v) is 14.1. The topological polar surface area (TPSA) is 38.5 Å². The largest absolute Gasteiger partial charge is 0.497 e. The van der Waals surface area contributed by atoms with Gasteiger partial charge < -0.3 is 10.5 Å². The zero-order valence-electron chi connectivity index (χ0n) is 14.1. The monoisotopic (exact) mass is 290 g/mol. The molecule has 0 radical (unpaired) electrons. The third-order valence-corrected chi connectivity index (χ3v) is 4.79. The molecule has 2 rings (SSSR count). The van der Waals surface area contributed by atoms with Crippen LogP contribution in [0.1, 0.15) is 45.7 Å². The maximum atomic E-state index is 6.30. The fourth-order valence-electron chi connectivity index (χ4n) is 3.39. The Bertz CT molecular complexity index is 447. The second-order valence-corrected chi connectivity index (χ2v) is 7.42. The molecule has 1 aliphatic heterocycles. The van der Waals surface area contributed by atoms with Gasteiger partial charge in [0.25, 0.3) is 0 Å². The molecule has 0 aromatic heterocycles. The van der Waals surface area contributed by atoms with Gasteiger partial charge in [-0.05, 0) is 48.9 Å². The van der Waals surface area contributed by atoms with Crippen molar-refractivity contribution in [1.29, 1.82) is 0 Å². The summed E-state index contributed by atoms with van der Waals surface area (Å²) in [5.74, 6) is 1.65. The van der Waals surface area contributed by atoms with Gasteiger partial charge in [0.15, 0.2) is 0 Å². The fraction of sp³-hybridized carbons (Fsp3) is 0.667. The van der Waals surface area contributed by atoms with Crippen LogP contribution in [0, 0.1) is 11.3 Å². The predicted octanol–water partition coefficient (Wildman–Crippen LogP) is 3.45. The lowest BCUT2D eigenvalue weighted by Crippen LogP contribution is -2.39. The Kier molecular flexibility index (Phi) is 4.95. The van der Waals surface area contributed by atoms with E-state index in [1.807, 2.05) is 12.1 Å². The molecule has 1 saturated heterocycles. The Hall–Kier alpha value is -1.06. The van der Waals surface area contributed by atoms with Crippen LogP contribution in [0.3, 0.4) is 0 Å². The Labute approximate surface area is 129 Å². The van der Waals surface area contributed by atoms with Gasteiger partial charge in [-0.3, -0.25) is 4.90 Å². The first-order valence-corrected chi connectivity index (χ1v) is 7.96. The number of hydrogen-bond acceptors (Lipinski definition) is 3. The minimum Gasteiger partial charge on any atom is -0.497 e. The molecular weight excluding hydrogens is 260 g/mol. The number of nitrogens with zero attached hydrogens (tertiary/aromatic N) is 1. The summed E-state index contributed by atoms with van der Waals surface area (Å²) in [7, 11) is 1.70. The van der Waals surface area contributed by atoms with Gasteiger partial charge in [-0.25, -0.2) is 0 Å². The van der Waals surface area contributed by atoms with Crippen molar-refractivity contribution < 1.29 is 4.74 Å². The van der Waals surface area contributed by atoms with Crippen LogP contribution in [0.15, 0.2) is 24.3 Å². The molecule has 0 aliphatic carbocycles. The molecule has 1 fully saturated rings. The number of benzene rings is 1. The summed E-state index contributed by atoms with van der Waals surface area (Å²) >= 11 is 0. The van der Waals surface area contributed by atoms with Gasteiger partial charge in [0.05, 0.1) is 7.11 Å². The summed E-state index contributed by atoms with van der Waals surface area (Å²) in [6.07, 6.45) is 1.27. The number of ether oxygens (including phenoxy) is 1. The number of likely N-dealkylation sites (tertiary alicyclic amines) is 1. The van der Waals surface area contributed by atoms with E-state index in [0.717, 1.165) is 24.8 Å². The van der Waals surface area contributed by atoms with Crippen molar-refractivity contribution in [3.63, 3.8) is 0 Å². The predicted molar refractivity (Wildman–Crippen MR) is 88.5 cm³/mol. The molecule has 0 bridgehead atoms. The molecule has 3 heteroatoms. The molecule has 3 unspecified atom stereocenters. The molecule has 0 amide bonds. The molecule has 21 heavy (non-hydrogen) atoms. The Balaban J connectivity index is 2.16. The van der Waals surface area contributed by atoms with Gasteiger partial charge >= 0.3 is 0 Å². The highest BCUT2D eigenvalue weighted by Crippen LogP contribution is 2.38. The third kappa shape index (κ3) is 3.78. The first-order chi connectivity index (χ1) is 9.82. The second-order valence-electron chi connectivity index (χ2n) is 7.42. The van der Waals surface area contributed by atoms with Crippen molar-refractivity contribution in [2.24, 2.45) is 17.1 Å². The minimum absolute atomic E-state index is 0.122. The van der Waals surface area contributed by atoms with E-state index in [4.69, 9.17) is 10.5 Å². The number of hydrogen-bond donors (Lipinski definition) is 1. The van der Waals surface area contributed by atoms with Crippen molar-refractivity contribution in [2.45, 2.75) is 46.2 Å². The third-order valence-electron chi connectivity index (χ3n) is 4.79. The highest BCUT2D eigenvalue weighted by Gasteiger charge is 2.36. The summed E-state index contributed by atoms with van der Waals surface area (Å²) in [6, 6.07) is 8.78. The SMILES string of the molecule is COc1ccc(C(C(C)N)N2CCC(C(C)(C)C)C2)cc1. The number of nitrogens with two attached hydrogens (primary N) is 1. The van der Waals surface area contributed by atoms with Crippen LogP contribution < -0.4 is 10.5 Å². The van der Waals surface area contributed by atoms with Gasteiger partial charge in [0, 0.05) is 18.6 Å². The summed E-state index contributed by atoms with van der Waals surface area (Å²) in [5, 5.41) is 0. The van der Waals surface area contributed by atoms with Gasteiger partial charge in [-0.2, -0.15) is 0 Å². The van der Waals surface area contributed by atoms with Crippen molar-refractivity contribution in [2.75, 3.05) is 20.2 Å². The van der Waals surface area contributed by atoms with E-state index in [1.54, 1.807) is 7.11 Å². The maximum absolute atomic E-state index is 6.30. The van der Waals surface area contributed by atoms with E-state index in [0.29, 0.717) is 11.5 Å². The van der Waals surface area contributed by atoms with Gasteiger partial charge in [-0.1, -0.05) is 32.9 Å². The molecule has 2 N–H and O–H groups in total. The fourth-order valence-corrected chi connectivity index (χ4v) is 3.39. The smallest absolute Gasteiger partial charge is 0.118 e. The van der Waals surface area contributed by atoms with Crippen LogP contribution in [0.4, 0.5) is 0 Å². The molecule has 118 valence electrons. The van der Waals surface area contributed by atoms with Crippen molar-refractivity contribution in [3.8, 4) is 5.75 Å². The highest BCUT2D eigenvalue weighted by atomic mass is 16.5. The molecule has 1 heterocycles. The van der Waals surface area contributed by atoms with Crippen molar-refractivity contribution in [1.82, 2.24) is 4.90 Å². The van der Waals surface area contributed by atoms with E-state index < -0.39 is 0 Å². The summed E-state index contributed by atoms with van der Waals surface area (Å²) in [4.78, 5) is 2.56. The summed E-state index contributed by atoms with van der Waals surface area (Å²) < 4.78 is 5.25. The van der Waals surface area contributed by atoms with Gasteiger partial charge in [-0.15, -0.1) is 0 Å². The van der Waals surface area contributed by atoms with E-state index in [-0.39, 0.29) is 6.04 Å². The molecule has 1 aromatic rings. The lowest BCUT2D eigenvalue weighted by molar-refractivity contribution is 0.180. The van der Waals surface area contributed by atoms with Gasteiger partial charge in [0.2, 0.25) is 0 Å². The van der Waals surface area contributed by atoms with E-state index in [9.17, 15) is 0 Å². The van der Waals surface area contributed by atoms with Crippen LogP contribution in [-0.4, -0.2) is 31.1 Å². The molecular formula is C18H30N2O. The first-order valence-electron chi connectivity index (χ1n) is 7.96. The number of methoxy groups -OCH3 is 1. The van der Waals surface area contributed by atoms with Crippen LogP contribution in [0.2, 0.25) is 0 Å². The minimum atomic E-state index is 0.122. The van der Waals surface area contributed by atoms with E-state index >= 15 is 0 Å². The van der Waals surface area contributed by atoms with E-state index in [2.05, 4.69) is 44.7 Å². The summed E-state index contributed by atoms with van der Waals surface area (Å²) in [5.41, 5.74) is 7.96. The highest BCUT2D eigenvalue weighted by molar-refractivity contribution is 5.30. The maximum Gasteiger partial charge on any atom is 0.118 e. The molecule has 1 aromatic carbocycles. The van der Waals surface area contributed by atoms with Crippen LogP contribution in [-0.2, 0) is 0 Å². The lowest BCUT2D eigenvalue weighted by atomic mass is 9.80. The Morgan fingerprint density at radius 1 is 1.24 bits per heavy atom. The number of rotatable bonds is 4. The van der Waals surface area contributed by atoms with E-state index in [1.165, 1.54) is 12.0 Å². The van der Waals surface area contributed by atoms with Crippen LogP contribution in [0.5, 0.6) is 5.75 Å². The first kappa shape index (κ1) is 16.3. The average Bonchev–Trinajstić information content (AvgIpc) is 2.89. The molecule has 1 aliphatic rings. The van der Waals surface area contributed by atoms with Gasteiger partial charge in [0.1, 0.15) is 5.75 Å². The molecule has 0 saturated carbocycles. The molecule has 3 nitrogen and oxygen atoms in total. The normalized spacial score (nSPS) is 23.0. The standard InChI is InChI=1S/C18H30N2O/c1-13(19)17(14-6-8-16(21-5)9-7-14)20-11-10-15(12-20)18(2,3)4/h6-9,13,15,17H,10-12,19H2,1-5H3. The van der Waals surface area contributed by atoms with Crippen LogP contribution in [0.25, 0.3) is 0 Å².